The van der Waals surface area contributed by atoms with Gasteiger partial charge in [0.15, 0.2) is 0 Å². The van der Waals surface area contributed by atoms with E-state index in [1.807, 2.05) is 11.4 Å². The maximum atomic E-state index is 12.1. The van der Waals surface area contributed by atoms with E-state index >= 15 is 0 Å². The number of carbonyl (C=O) groups is 1. The molecule has 0 aliphatic carbocycles. The summed E-state index contributed by atoms with van der Waals surface area (Å²) in [6, 6.07) is 1.99. The standard InChI is InChI=1S/C15H19NO3S/c1-16(15(18)14-6-4-8-19-14)10-12-9-13(20-11-12)5-2-3-7-17/h9,11,14,17H,3-4,6-8,10H2,1H3. The van der Waals surface area contributed by atoms with E-state index in [-0.39, 0.29) is 18.6 Å². The zero-order chi connectivity index (χ0) is 14.4. The Kier molecular flexibility index (Phi) is 5.60. The number of rotatable bonds is 4. The van der Waals surface area contributed by atoms with E-state index in [1.54, 1.807) is 23.3 Å². The summed E-state index contributed by atoms with van der Waals surface area (Å²) >= 11 is 1.56. The number of carbonyl (C=O) groups excluding carboxylic acids is 1. The second-order valence-corrected chi connectivity index (χ2v) is 5.70. The van der Waals surface area contributed by atoms with Crippen LogP contribution in [0, 0.1) is 11.8 Å². The van der Waals surface area contributed by atoms with Crippen molar-refractivity contribution in [1.29, 1.82) is 0 Å². The van der Waals surface area contributed by atoms with Crippen molar-refractivity contribution in [2.45, 2.75) is 31.9 Å². The second-order valence-electron chi connectivity index (χ2n) is 4.79. The van der Waals surface area contributed by atoms with Gasteiger partial charge in [-0.3, -0.25) is 4.79 Å². The molecule has 0 radical (unpaired) electrons. The van der Waals surface area contributed by atoms with Gasteiger partial charge in [0.25, 0.3) is 5.91 Å². The third-order valence-electron chi connectivity index (χ3n) is 3.10. The Hall–Kier alpha value is -1.35. The fourth-order valence-electron chi connectivity index (χ4n) is 2.10. The number of aliphatic hydroxyl groups is 1. The number of nitrogens with zero attached hydrogens (tertiary/aromatic N) is 1. The number of thiophene rings is 1. The summed E-state index contributed by atoms with van der Waals surface area (Å²) in [5.74, 6) is 5.96. The minimum Gasteiger partial charge on any atom is -0.395 e. The minimum atomic E-state index is -0.262. The highest BCUT2D eigenvalue weighted by molar-refractivity contribution is 7.10. The maximum Gasteiger partial charge on any atom is 0.251 e. The number of ether oxygens (including phenoxy) is 1. The monoisotopic (exact) mass is 293 g/mol. The van der Waals surface area contributed by atoms with Gasteiger partial charge in [0.2, 0.25) is 0 Å². The third kappa shape index (κ3) is 4.07. The summed E-state index contributed by atoms with van der Waals surface area (Å²) in [5, 5.41) is 10.7. The Morgan fingerprint density at radius 1 is 1.65 bits per heavy atom. The van der Waals surface area contributed by atoms with Gasteiger partial charge in [-0.05, 0) is 29.9 Å². The summed E-state index contributed by atoms with van der Waals surface area (Å²) in [4.78, 5) is 14.8. The summed E-state index contributed by atoms with van der Waals surface area (Å²) in [5.41, 5.74) is 1.08. The van der Waals surface area contributed by atoms with Crippen molar-refractivity contribution in [3.63, 3.8) is 0 Å². The largest absolute Gasteiger partial charge is 0.395 e. The van der Waals surface area contributed by atoms with Crippen molar-refractivity contribution >= 4 is 17.2 Å². The van der Waals surface area contributed by atoms with Gasteiger partial charge < -0.3 is 14.7 Å². The highest BCUT2D eigenvalue weighted by Gasteiger charge is 2.26. The zero-order valence-electron chi connectivity index (χ0n) is 11.6. The van der Waals surface area contributed by atoms with Gasteiger partial charge in [-0.25, -0.2) is 0 Å². The van der Waals surface area contributed by atoms with Gasteiger partial charge in [-0.2, -0.15) is 0 Å². The molecule has 2 heterocycles. The SMILES string of the molecule is CN(Cc1csc(C#CCCO)c1)C(=O)C1CCCO1. The number of aliphatic hydroxyl groups excluding tert-OH is 1. The van der Waals surface area contributed by atoms with Gasteiger partial charge in [-0.1, -0.05) is 11.8 Å². The van der Waals surface area contributed by atoms with Crippen LogP contribution in [0.1, 0.15) is 29.7 Å². The van der Waals surface area contributed by atoms with Crippen molar-refractivity contribution in [3.05, 3.63) is 21.9 Å². The molecule has 0 spiro atoms. The van der Waals surface area contributed by atoms with Gasteiger partial charge >= 0.3 is 0 Å². The van der Waals surface area contributed by atoms with Crippen LogP contribution in [0.25, 0.3) is 0 Å². The molecule has 1 aliphatic rings. The molecule has 5 heteroatoms. The number of hydrogen-bond donors (Lipinski definition) is 1. The van der Waals surface area contributed by atoms with Crippen molar-refractivity contribution in [2.75, 3.05) is 20.3 Å². The van der Waals surface area contributed by atoms with Crippen LogP contribution < -0.4 is 0 Å². The molecule has 20 heavy (non-hydrogen) atoms. The maximum absolute atomic E-state index is 12.1. The van der Waals surface area contributed by atoms with E-state index in [1.165, 1.54) is 0 Å². The number of likely N-dealkylation sites (N-methyl/N-ethyl adjacent to an activating group) is 1. The van der Waals surface area contributed by atoms with Crippen LogP contribution in [0.4, 0.5) is 0 Å². The fraction of sp³-hybridized carbons (Fsp3) is 0.533. The molecule has 1 fully saturated rings. The molecule has 2 rings (SSSR count). The van der Waals surface area contributed by atoms with Gasteiger partial charge in [0, 0.05) is 26.6 Å². The fourth-order valence-corrected chi connectivity index (χ4v) is 2.87. The van der Waals surface area contributed by atoms with Crippen LogP contribution in [0.2, 0.25) is 0 Å². The molecular weight excluding hydrogens is 274 g/mol. The zero-order valence-corrected chi connectivity index (χ0v) is 12.4. The molecule has 1 aliphatic heterocycles. The van der Waals surface area contributed by atoms with Crippen LogP contribution >= 0.6 is 11.3 Å². The highest BCUT2D eigenvalue weighted by Crippen LogP contribution is 2.18. The van der Waals surface area contributed by atoms with Gasteiger partial charge in [0.1, 0.15) is 6.10 Å². The van der Waals surface area contributed by atoms with E-state index in [4.69, 9.17) is 9.84 Å². The second kappa shape index (κ2) is 7.44. The normalized spacial score (nSPS) is 17.6. The highest BCUT2D eigenvalue weighted by atomic mass is 32.1. The first-order valence-corrected chi connectivity index (χ1v) is 7.62. The van der Waals surface area contributed by atoms with E-state index in [9.17, 15) is 4.79 Å². The lowest BCUT2D eigenvalue weighted by atomic mass is 10.2. The van der Waals surface area contributed by atoms with Gasteiger partial charge in [-0.15, -0.1) is 11.3 Å². The Labute approximate surface area is 123 Å². The molecule has 1 saturated heterocycles. The molecule has 4 nitrogen and oxygen atoms in total. The molecular formula is C15H19NO3S. The Morgan fingerprint density at radius 2 is 2.50 bits per heavy atom. The molecule has 1 unspecified atom stereocenters. The van der Waals surface area contributed by atoms with Crippen LogP contribution in [-0.2, 0) is 16.1 Å². The lowest BCUT2D eigenvalue weighted by Crippen LogP contribution is -2.35. The molecule has 1 N–H and O–H groups in total. The predicted octanol–water partition coefficient (Wildman–Crippen LogP) is 1.62. The summed E-state index contributed by atoms with van der Waals surface area (Å²) in [7, 11) is 1.80. The van der Waals surface area contributed by atoms with Crippen LogP contribution in [0.15, 0.2) is 11.4 Å². The van der Waals surface area contributed by atoms with Crippen molar-refractivity contribution in [1.82, 2.24) is 4.90 Å². The van der Waals surface area contributed by atoms with Crippen molar-refractivity contribution in [3.8, 4) is 11.8 Å². The van der Waals surface area contributed by atoms with E-state index in [2.05, 4.69) is 11.8 Å². The predicted molar refractivity (Wildman–Crippen MR) is 78.3 cm³/mol. The number of amides is 1. The first kappa shape index (κ1) is 15.0. The summed E-state index contributed by atoms with van der Waals surface area (Å²) < 4.78 is 5.41. The van der Waals surface area contributed by atoms with Crippen molar-refractivity contribution < 1.29 is 14.6 Å². The van der Waals surface area contributed by atoms with Crippen LogP contribution in [0.5, 0.6) is 0 Å². The number of hydrogen-bond acceptors (Lipinski definition) is 4. The molecule has 1 aromatic rings. The van der Waals surface area contributed by atoms with Crippen LogP contribution in [0.3, 0.4) is 0 Å². The molecule has 0 bridgehead atoms. The first-order chi connectivity index (χ1) is 9.70. The Balaban J connectivity index is 1.89. The van der Waals surface area contributed by atoms with E-state index in [0.29, 0.717) is 19.6 Å². The molecule has 1 atom stereocenters. The van der Waals surface area contributed by atoms with Crippen LogP contribution in [-0.4, -0.2) is 42.3 Å². The molecule has 108 valence electrons. The van der Waals surface area contributed by atoms with E-state index in [0.717, 1.165) is 23.3 Å². The smallest absolute Gasteiger partial charge is 0.251 e. The molecule has 0 aromatic carbocycles. The molecule has 1 aromatic heterocycles. The van der Waals surface area contributed by atoms with Crippen molar-refractivity contribution in [2.24, 2.45) is 0 Å². The molecule has 1 amide bonds. The lowest BCUT2D eigenvalue weighted by Gasteiger charge is -2.19. The van der Waals surface area contributed by atoms with E-state index < -0.39 is 0 Å². The Bertz CT molecular complexity index is 509. The molecule has 0 saturated carbocycles. The lowest BCUT2D eigenvalue weighted by molar-refractivity contribution is -0.140. The average molecular weight is 293 g/mol. The van der Waals surface area contributed by atoms with Gasteiger partial charge in [0.05, 0.1) is 11.5 Å². The Morgan fingerprint density at radius 3 is 3.20 bits per heavy atom. The topological polar surface area (TPSA) is 49.8 Å². The summed E-state index contributed by atoms with van der Waals surface area (Å²) in [6.45, 7) is 1.36. The third-order valence-corrected chi connectivity index (χ3v) is 4.00. The summed E-state index contributed by atoms with van der Waals surface area (Å²) in [6.07, 6.45) is 2.02. The minimum absolute atomic E-state index is 0.0571. The quantitative estimate of drug-likeness (QED) is 0.858. The average Bonchev–Trinajstić information content (AvgIpc) is 3.09. The first-order valence-electron chi connectivity index (χ1n) is 6.74.